The zero-order valence-corrected chi connectivity index (χ0v) is 10.5. The Labute approximate surface area is 106 Å². The molecule has 0 aromatic carbocycles. The molecule has 4 nitrogen and oxygen atoms in total. The van der Waals surface area contributed by atoms with Crippen LogP contribution < -0.4 is 0 Å². The number of nitrogens with zero attached hydrogens (tertiary/aromatic N) is 2. The minimum Gasteiger partial charge on any atom is -0.316 e. The van der Waals surface area contributed by atoms with Crippen molar-refractivity contribution in [2.45, 2.75) is 10.7 Å². The lowest BCUT2D eigenvalue weighted by Crippen LogP contribution is -2.61. The smallest absolute Gasteiger partial charge is 0.257 e. The molecule has 0 aromatic heterocycles. The van der Waals surface area contributed by atoms with E-state index in [1.54, 1.807) is 12.2 Å². The van der Waals surface area contributed by atoms with Gasteiger partial charge in [0.15, 0.2) is 10.7 Å². The highest BCUT2D eigenvalue weighted by molar-refractivity contribution is 7.82. The van der Waals surface area contributed by atoms with Crippen molar-refractivity contribution < 1.29 is 9.59 Å². The molecule has 0 aliphatic carbocycles. The Morgan fingerprint density at radius 2 is 1.31 bits per heavy atom. The first kappa shape index (κ1) is 13.2. The van der Waals surface area contributed by atoms with Crippen LogP contribution in [0.2, 0.25) is 0 Å². The fourth-order valence-electron chi connectivity index (χ4n) is 1.46. The van der Waals surface area contributed by atoms with Crippen molar-refractivity contribution >= 4 is 37.1 Å². The van der Waals surface area contributed by atoms with E-state index in [0.717, 1.165) is 0 Å². The van der Waals surface area contributed by atoms with Crippen molar-refractivity contribution in [3.63, 3.8) is 0 Å². The third-order valence-corrected chi connectivity index (χ3v) is 3.25. The molecule has 16 heavy (non-hydrogen) atoms. The van der Waals surface area contributed by atoms with E-state index in [2.05, 4.69) is 38.4 Å². The summed E-state index contributed by atoms with van der Waals surface area (Å²) in [6.45, 7) is 7.65. The molecule has 88 valence electrons. The molecule has 0 radical (unpaired) electrons. The average molecular weight is 258 g/mol. The van der Waals surface area contributed by atoms with E-state index in [1.165, 1.54) is 9.80 Å². The number of hydrogen-bond acceptors (Lipinski definition) is 4. The molecule has 1 saturated heterocycles. The van der Waals surface area contributed by atoms with E-state index in [9.17, 15) is 9.59 Å². The number of carbonyl (C=O) groups excluding carboxylic acids is 2. The van der Waals surface area contributed by atoms with Crippen LogP contribution in [0.4, 0.5) is 0 Å². The number of thiol groups is 2. The van der Waals surface area contributed by atoms with Crippen LogP contribution in [-0.4, -0.2) is 45.5 Å². The second-order valence-electron chi connectivity index (χ2n) is 3.31. The Morgan fingerprint density at radius 3 is 1.56 bits per heavy atom. The molecule has 1 heterocycles. The molecule has 2 unspecified atom stereocenters. The van der Waals surface area contributed by atoms with Crippen molar-refractivity contribution in [1.82, 2.24) is 9.80 Å². The number of hydrogen-bond donors (Lipinski definition) is 2. The summed E-state index contributed by atoms with van der Waals surface area (Å²) in [7, 11) is 0. The van der Waals surface area contributed by atoms with Gasteiger partial charge in [0.25, 0.3) is 11.8 Å². The third kappa shape index (κ3) is 2.27. The predicted octanol–water partition coefficient (Wildman–Crippen LogP) is 0.541. The lowest BCUT2D eigenvalue weighted by atomic mass is 10.2. The van der Waals surface area contributed by atoms with Crippen LogP contribution in [0.15, 0.2) is 25.3 Å². The molecule has 1 fully saturated rings. The number of piperazine rings is 1. The molecule has 6 heteroatoms. The van der Waals surface area contributed by atoms with Gasteiger partial charge in [0, 0.05) is 13.1 Å². The largest absolute Gasteiger partial charge is 0.316 e. The van der Waals surface area contributed by atoms with Gasteiger partial charge in [0.1, 0.15) is 0 Å². The summed E-state index contributed by atoms with van der Waals surface area (Å²) in [6.07, 6.45) is 3.11. The van der Waals surface area contributed by atoms with E-state index in [1.807, 2.05) is 0 Å². The Morgan fingerprint density at radius 1 is 1.00 bits per heavy atom. The van der Waals surface area contributed by atoms with Crippen LogP contribution in [0.25, 0.3) is 0 Å². The van der Waals surface area contributed by atoms with Crippen molar-refractivity contribution in [3.05, 3.63) is 25.3 Å². The van der Waals surface area contributed by atoms with Gasteiger partial charge < -0.3 is 9.80 Å². The zero-order chi connectivity index (χ0) is 12.3. The van der Waals surface area contributed by atoms with Gasteiger partial charge in [-0.3, -0.25) is 9.59 Å². The Bertz CT molecular complexity index is 301. The molecule has 0 aromatic rings. The van der Waals surface area contributed by atoms with Crippen LogP contribution in [0.3, 0.4) is 0 Å². The van der Waals surface area contributed by atoms with Crippen LogP contribution in [0, 0.1) is 0 Å². The SMILES string of the molecule is C=CCN1C(=O)C(S)N(CC=C)C(=O)C1S. The van der Waals surface area contributed by atoms with Crippen molar-refractivity contribution in [2.75, 3.05) is 13.1 Å². The predicted molar refractivity (Wildman–Crippen MR) is 69.4 cm³/mol. The summed E-state index contributed by atoms with van der Waals surface area (Å²) in [5, 5.41) is -1.54. The monoisotopic (exact) mass is 258 g/mol. The fourth-order valence-corrected chi connectivity index (χ4v) is 2.17. The lowest BCUT2D eigenvalue weighted by Gasteiger charge is -2.40. The topological polar surface area (TPSA) is 40.6 Å². The maximum Gasteiger partial charge on any atom is 0.257 e. The summed E-state index contributed by atoms with van der Waals surface area (Å²) in [6, 6.07) is 0. The molecule has 0 N–H and O–H groups in total. The van der Waals surface area contributed by atoms with E-state index in [-0.39, 0.29) is 24.9 Å². The minimum absolute atomic E-state index is 0.246. The lowest BCUT2D eigenvalue weighted by molar-refractivity contribution is -0.152. The minimum atomic E-state index is -0.770. The van der Waals surface area contributed by atoms with Crippen LogP contribution in [0.5, 0.6) is 0 Å². The molecular formula is C10H14N2O2S2. The molecule has 0 spiro atoms. The normalized spacial score (nSPS) is 25.9. The maximum atomic E-state index is 11.9. The molecule has 1 rings (SSSR count). The van der Waals surface area contributed by atoms with E-state index in [0.29, 0.717) is 0 Å². The zero-order valence-electron chi connectivity index (χ0n) is 8.74. The molecular weight excluding hydrogens is 244 g/mol. The molecule has 0 bridgehead atoms. The first-order chi connectivity index (χ1) is 7.54. The average Bonchev–Trinajstić information content (AvgIpc) is 2.28. The molecule has 2 atom stereocenters. The van der Waals surface area contributed by atoms with E-state index < -0.39 is 10.7 Å². The highest BCUT2D eigenvalue weighted by Gasteiger charge is 2.41. The van der Waals surface area contributed by atoms with Crippen molar-refractivity contribution in [3.8, 4) is 0 Å². The molecule has 1 aliphatic rings. The van der Waals surface area contributed by atoms with Gasteiger partial charge in [-0.25, -0.2) is 0 Å². The van der Waals surface area contributed by atoms with E-state index >= 15 is 0 Å². The van der Waals surface area contributed by atoms with Crippen LogP contribution >= 0.6 is 25.3 Å². The van der Waals surface area contributed by atoms with Crippen LogP contribution in [-0.2, 0) is 9.59 Å². The van der Waals surface area contributed by atoms with Gasteiger partial charge in [-0.1, -0.05) is 12.2 Å². The number of amides is 2. The fraction of sp³-hybridized carbons (Fsp3) is 0.400. The van der Waals surface area contributed by atoms with Gasteiger partial charge in [-0.15, -0.1) is 38.4 Å². The summed E-state index contributed by atoms with van der Waals surface area (Å²) >= 11 is 8.27. The van der Waals surface area contributed by atoms with Gasteiger partial charge in [0.05, 0.1) is 0 Å². The van der Waals surface area contributed by atoms with Crippen molar-refractivity contribution in [1.29, 1.82) is 0 Å². The summed E-state index contributed by atoms with van der Waals surface area (Å²) < 4.78 is 0. The van der Waals surface area contributed by atoms with Gasteiger partial charge in [-0.2, -0.15) is 0 Å². The molecule has 1 aliphatic heterocycles. The Kier molecular flexibility index (Phi) is 4.49. The quantitative estimate of drug-likeness (QED) is 0.571. The van der Waals surface area contributed by atoms with Crippen molar-refractivity contribution in [2.24, 2.45) is 0 Å². The maximum absolute atomic E-state index is 11.9. The second kappa shape index (κ2) is 5.45. The number of rotatable bonds is 4. The Balaban J connectivity index is 2.94. The van der Waals surface area contributed by atoms with Gasteiger partial charge >= 0.3 is 0 Å². The first-order valence-electron chi connectivity index (χ1n) is 4.73. The van der Waals surface area contributed by atoms with Gasteiger partial charge in [-0.05, 0) is 0 Å². The first-order valence-corrected chi connectivity index (χ1v) is 5.76. The third-order valence-electron chi connectivity index (χ3n) is 2.25. The summed E-state index contributed by atoms with van der Waals surface area (Å²) in [4.78, 5) is 26.4. The van der Waals surface area contributed by atoms with Crippen LogP contribution in [0.1, 0.15) is 0 Å². The summed E-state index contributed by atoms with van der Waals surface area (Å²) in [5.74, 6) is -0.491. The second-order valence-corrected chi connectivity index (χ2v) is 4.28. The Hall–Kier alpha value is -0.880. The standard InChI is InChI=1S/C10H14N2O2S2/c1-3-5-11-7(13)10(16)12(6-4-2)8(14)9(11)15/h3-4,9-10,15-16H,1-2,5-6H2. The highest BCUT2D eigenvalue weighted by Crippen LogP contribution is 2.22. The molecule has 0 saturated carbocycles. The van der Waals surface area contributed by atoms with E-state index in [4.69, 9.17) is 0 Å². The van der Waals surface area contributed by atoms with Gasteiger partial charge in [0.2, 0.25) is 0 Å². The number of carbonyl (C=O) groups is 2. The molecule has 2 amide bonds. The summed E-state index contributed by atoms with van der Waals surface area (Å²) in [5.41, 5.74) is 0. The highest BCUT2D eigenvalue weighted by atomic mass is 32.1.